The van der Waals surface area contributed by atoms with Gasteiger partial charge in [-0.25, -0.2) is 0 Å². The van der Waals surface area contributed by atoms with Crippen molar-refractivity contribution >= 4 is 23.6 Å². The average molecular weight is 412 g/mol. The smallest absolute Gasteiger partial charge is 0.270 e. The van der Waals surface area contributed by atoms with Crippen LogP contribution in [0.4, 0.5) is 5.69 Å². The Kier molecular flexibility index (Phi) is 6.68. The number of carbonyl (C=O) groups is 2. The molecule has 156 valence electrons. The first-order valence-electron chi connectivity index (χ1n) is 10.0. The van der Waals surface area contributed by atoms with Crippen LogP contribution in [0.2, 0.25) is 0 Å². The summed E-state index contributed by atoms with van der Waals surface area (Å²) in [6.07, 6.45) is 2.31. The zero-order valence-corrected chi connectivity index (χ0v) is 17.8. The first-order chi connectivity index (χ1) is 14.9. The minimum atomic E-state index is -0.471. The van der Waals surface area contributed by atoms with Gasteiger partial charge in [-0.3, -0.25) is 19.7 Å². The Hall–Kier alpha value is -4.11. The quantitative estimate of drug-likeness (QED) is 0.458. The molecule has 0 atom stereocenters. The van der Waals surface area contributed by atoms with Crippen molar-refractivity contribution in [3.05, 3.63) is 94.3 Å². The largest absolute Gasteiger partial charge is 0.321 e. The van der Waals surface area contributed by atoms with Crippen LogP contribution in [0.15, 0.2) is 66.2 Å². The molecule has 6 nitrogen and oxygen atoms in total. The summed E-state index contributed by atoms with van der Waals surface area (Å²) in [5.41, 5.74) is 7.25. The van der Waals surface area contributed by atoms with E-state index in [2.05, 4.69) is 10.7 Å². The van der Waals surface area contributed by atoms with E-state index in [0.29, 0.717) is 16.8 Å². The maximum absolute atomic E-state index is 12.7. The molecule has 1 aromatic heterocycles. The molecule has 0 saturated heterocycles. The Morgan fingerprint density at radius 2 is 1.74 bits per heavy atom. The van der Waals surface area contributed by atoms with Crippen LogP contribution in [0.25, 0.3) is 6.08 Å². The van der Waals surface area contributed by atoms with Crippen molar-refractivity contribution in [3.63, 3.8) is 0 Å². The van der Waals surface area contributed by atoms with E-state index in [4.69, 9.17) is 0 Å². The van der Waals surface area contributed by atoms with Crippen molar-refractivity contribution in [2.45, 2.75) is 27.2 Å². The number of aromatic nitrogens is 1. The molecular formula is C25H24N4O2. The number of nitriles is 1. The second kappa shape index (κ2) is 9.59. The van der Waals surface area contributed by atoms with E-state index in [1.807, 2.05) is 63.2 Å². The third kappa shape index (κ3) is 4.90. The van der Waals surface area contributed by atoms with Gasteiger partial charge in [0.2, 0.25) is 0 Å². The Morgan fingerprint density at radius 1 is 1.06 bits per heavy atom. The molecular weight excluding hydrogens is 388 g/mol. The number of rotatable bonds is 6. The highest BCUT2D eigenvalue weighted by Gasteiger charge is 2.15. The molecule has 0 aliphatic carbocycles. The van der Waals surface area contributed by atoms with E-state index in [-0.39, 0.29) is 11.5 Å². The number of aryl methyl sites for hydroxylation is 2. The van der Waals surface area contributed by atoms with Gasteiger partial charge in [0, 0.05) is 22.6 Å². The van der Waals surface area contributed by atoms with Gasteiger partial charge in [0.1, 0.15) is 11.6 Å². The van der Waals surface area contributed by atoms with Crippen molar-refractivity contribution in [2.75, 3.05) is 10.7 Å². The molecule has 0 unspecified atom stereocenters. The van der Waals surface area contributed by atoms with E-state index in [0.717, 1.165) is 23.4 Å². The number of para-hydroxylation sites is 1. The van der Waals surface area contributed by atoms with Gasteiger partial charge in [-0.2, -0.15) is 5.26 Å². The summed E-state index contributed by atoms with van der Waals surface area (Å²) < 4.78 is 1.65. The Labute approximate surface area is 181 Å². The second-order valence-corrected chi connectivity index (χ2v) is 7.10. The predicted octanol–water partition coefficient (Wildman–Crippen LogP) is 4.60. The average Bonchev–Trinajstić information content (AvgIpc) is 3.05. The number of hydrogen-bond donors (Lipinski definition) is 2. The molecule has 3 rings (SSSR count). The van der Waals surface area contributed by atoms with Crippen molar-refractivity contribution in [1.29, 1.82) is 5.26 Å². The van der Waals surface area contributed by atoms with E-state index >= 15 is 0 Å². The summed E-state index contributed by atoms with van der Waals surface area (Å²) in [6, 6.07) is 20.2. The molecule has 0 saturated carbocycles. The summed E-state index contributed by atoms with van der Waals surface area (Å²) in [5, 5.41) is 12.4. The molecule has 2 N–H and O–H groups in total. The summed E-state index contributed by atoms with van der Waals surface area (Å²) in [7, 11) is 0. The van der Waals surface area contributed by atoms with Gasteiger partial charge in [-0.15, -0.1) is 0 Å². The number of anilines is 1. The topological polar surface area (TPSA) is 86.9 Å². The molecule has 2 aromatic carbocycles. The lowest BCUT2D eigenvalue weighted by Crippen LogP contribution is -2.24. The number of nitrogens with one attached hydrogen (secondary N) is 2. The number of hydrogen-bond acceptors (Lipinski definition) is 3. The fraction of sp³-hybridized carbons (Fsp3) is 0.160. The molecule has 0 aliphatic rings. The molecule has 0 bridgehead atoms. The monoisotopic (exact) mass is 412 g/mol. The third-order valence-electron chi connectivity index (χ3n) is 5.03. The van der Waals surface area contributed by atoms with E-state index < -0.39 is 5.91 Å². The first-order valence-corrected chi connectivity index (χ1v) is 10.0. The predicted molar refractivity (Wildman–Crippen MR) is 122 cm³/mol. The van der Waals surface area contributed by atoms with Crippen LogP contribution in [0.5, 0.6) is 0 Å². The lowest BCUT2D eigenvalue weighted by molar-refractivity contribution is -0.112. The molecule has 0 spiro atoms. The number of nitrogens with zero attached hydrogens (tertiary/aromatic N) is 2. The fourth-order valence-electron chi connectivity index (χ4n) is 3.31. The third-order valence-corrected chi connectivity index (χ3v) is 5.03. The number of amides is 2. The van der Waals surface area contributed by atoms with E-state index in [1.165, 1.54) is 6.08 Å². The molecule has 3 aromatic rings. The highest BCUT2D eigenvalue weighted by Crippen LogP contribution is 2.20. The van der Waals surface area contributed by atoms with Gasteiger partial charge in [0.05, 0.1) is 0 Å². The summed E-state index contributed by atoms with van der Waals surface area (Å²) >= 11 is 0. The zero-order chi connectivity index (χ0) is 22.4. The van der Waals surface area contributed by atoms with Crippen LogP contribution in [-0.2, 0) is 11.2 Å². The number of benzene rings is 2. The lowest BCUT2D eigenvalue weighted by Gasteiger charge is -2.11. The van der Waals surface area contributed by atoms with Gasteiger partial charge in [0.25, 0.3) is 11.8 Å². The van der Waals surface area contributed by atoms with E-state index in [9.17, 15) is 14.9 Å². The Morgan fingerprint density at radius 3 is 2.42 bits per heavy atom. The maximum atomic E-state index is 12.7. The fourth-order valence-corrected chi connectivity index (χ4v) is 3.31. The highest BCUT2D eigenvalue weighted by atomic mass is 16.2. The van der Waals surface area contributed by atoms with Crippen LogP contribution in [0.1, 0.15) is 39.8 Å². The van der Waals surface area contributed by atoms with Crippen LogP contribution in [-0.4, -0.2) is 16.5 Å². The lowest BCUT2D eigenvalue weighted by atomic mass is 10.1. The molecule has 2 amide bonds. The minimum Gasteiger partial charge on any atom is -0.321 e. The van der Waals surface area contributed by atoms with Gasteiger partial charge in [-0.1, -0.05) is 43.3 Å². The van der Waals surface area contributed by atoms with Crippen molar-refractivity contribution in [2.24, 2.45) is 0 Å². The van der Waals surface area contributed by atoms with Crippen LogP contribution in [0.3, 0.4) is 0 Å². The minimum absolute atomic E-state index is 0.0134. The van der Waals surface area contributed by atoms with Crippen LogP contribution >= 0.6 is 0 Å². The van der Waals surface area contributed by atoms with Gasteiger partial charge < -0.3 is 5.32 Å². The standard InChI is InChI=1S/C25H24N4O2/c1-4-19-10-8-9-13-23(19)27-24(30)22(16-26)15-21-14-17(2)29(18(21)3)28-25(31)20-11-6-5-7-12-20/h5-15H,4H2,1-3H3,(H,27,30)(H,28,31)/b22-15-. The van der Waals surface area contributed by atoms with Crippen LogP contribution in [0, 0.1) is 25.2 Å². The van der Waals surface area contributed by atoms with Gasteiger partial charge >= 0.3 is 0 Å². The van der Waals surface area contributed by atoms with Crippen LogP contribution < -0.4 is 10.7 Å². The van der Waals surface area contributed by atoms with Crippen molar-refractivity contribution in [3.8, 4) is 6.07 Å². The second-order valence-electron chi connectivity index (χ2n) is 7.10. The van der Waals surface area contributed by atoms with Gasteiger partial charge in [0.15, 0.2) is 0 Å². The first kappa shape index (κ1) is 21.6. The van der Waals surface area contributed by atoms with Crippen molar-refractivity contribution < 1.29 is 9.59 Å². The normalized spacial score (nSPS) is 11.0. The number of carbonyl (C=O) groups excluding carboxylic acids is 2. The molecule has 6 heteroatoms. The molecule has 0 aliphatic heterocycles. The Bertz CT molecular complexity index is 1180. The zero-order valence-electron chi connectivity index (χ0n) is 17.8. The summed E-state index contributed by atoms with van der Waals surface area (Å²) in [4.78, 5) is 25.2. The summed E-state index contributed by atoms with van der Waals surface area (Å²) in [5.74, 6) is -0.714. The van der Waals surface area contributed by atoms with E-state index in [1.54, 1.807) is 28.9 Å². The molecule has 31 heavy (non-hydrogen) atoms. The van der Waals surface area contributed by atoms with Gasteiger partial charge in [-0.05, 0) is 61.7 Å². The Balaban J connectivity index is 1.84. The molecule has 0 fully saturated rings. The molecule has 1 heterocycles. The maximum Gasteiger partial charge on any atom is 0.270 e. The van der Waals surface area contributed by atoms with Crippen molar-refractivity contribution in [1.82, 2.24) is 4.68 Å². The molecule has 0 radical (unpaired) electrons. The summed E-state index contributed by atoms with van der Waals surface area (Å²) in [6.45, 7) is 5.67. The SMILES string of the molecule is CCc1ccccc1NC(=O)/C(C#N)=C\c1cc(C)n(NC(=O)c2ccccc2)c1C. The highest BCUT2D eigenvalue weighted by molar-refractivity contribution is 6.10.